The Kier molecular flexibility index (Phi) is 6.61. The minimum absolute atomic E-state index is 0.311. The molecule has 0 saturated carbocycles. The van der Waals surface area contributed by atoms with E-state index in [4.69, 9.17) is 4.74 Å². The van der Waals surface area contributed by atoms with Gasteiger partial charge in [-0.2, -0.15) is 0 Å². The number of benzene rings is 1. The highest BCUT2D eigenvalue weighted by molar-refractivity contribution is 6.07. The zero-order valence-corrected chi connectivity index (χ0v) is 16.5. The number of esters is 1. The van der Waals surface area contributed by atoms with Gasteiger partial charge >= 0.3 is 12.0 Å². The molecule has 1 aromatic rings. The molecule has 1 saturated heterocycles. The quantitative estimate of drug-likeness (QED) is 0.409. The number of likely N-dealkylation sites (tertiary alicyclic amines) is 1. The van der Waals surface area contributed by atoms with E-state index in [1.807, 2.05) is 12.2 Å². The molecule has 1 aliphatic carbocycles. The molecule has 5 amide bonds. The van der Waals surface area contributed by atoms with Crippen molar-refractivity contribution >= 4 is 29.7 Å². The zero-order valence-electron chi connectivity index (χ0n) is 16.5. The Hall–Kier alpha value is -3.49. The van der Waals surface area contributed by atoms with Crippen molar-refractivity contribution in [3.63, 3.8) is 0 Å². The Labute approximate surface area is 173 Å². The second kappa shape index (κ2) is 9.34. The van der Waals surface area contributed by atoms with Crippen LogP contribution in [0.5, 0.6) is 0 Å². The predicted molar refractivity (Wildman–Crippen MR) is 105 cm³/mol. The topological polar surface area (TPSA) is 122 Å². The summed E-state index contributed by atoms with van der Waals surface area (Å²) >= 11 is 0. The van der Waals surface area contributed by atoms with E-state index in [1.165, 1.54) is 0 Å². The molecule has 1 aliphatic heterocycles. The van der Waals surface area contributed by atoms with Crippen molar-refractivity contribution in [2.75, 3.05) is 13.1 Å². The summed E-state index contributed by atoms with van der Waals surface area (Å²) in [5.74, 6) is -3.48. The number of amides is 5. The van der Waals surface area contributed by atoms with Crippen LogP contribution in [-0.2, 0) is 23.9 Å². The Balaban J connectivity index is 1.70. The Morgan fingerprint density at radius 1 is 1.07 bits per heavy atom. The molecule has 30 heavy (non-hydrogen) atoms. The molecule has 9 heteroatoms. The van der Waals surface area contributed by atoms with Crippen LogP contribution in [0.1, 0.15) is 31.4 Å². The number of hydrogen-bond acceptors (Lipinski definition) is 6. The normalized spacial score (nSPS) is 21.0. The Bertz CT molecular complexity index is 856. The second-order valence-electron chi connectivity index (χ2n) is 7.05. The number of rotatable bonds is 6. The first-order valence-corrected chi connectivity index (χ1v) is 9.75. The molecule has 0 spiro atoms. The summed E-state index contributed by atoms with van der Waals surface area (Å²) in [6.45, 7) is 1.42. The van der Waals surface area contributed by atoms with Gasteiger partial charge in [0, 0.05) is 12.1 Å². The van der Waals surface area contributed by atoms with E-state index in [0.29, 0.717) is 24.9 Å². The number of carbonyl (C=O) groups is 5. The van der Waals surface area contributed by atoms with E-state index >= 15 is 0 Å². The first-order valence-electron chi connectivity index (χ1n) is 9.75. The number of carbonyl (C=O) groups excluding carboxylic acids is 5. The number of ether oxygens (including phenoxy) is 1. The van der Waals surface area contributed by atoms with Gasteiger partial charge in [-0.25, -0.2) is 4.79 Å². The first kappa shape index (κ1) is 21.2. The van der Waals surface area contributed by atoms with Crippen LogP contribution >= 0.6 is 0 Å². The van der Waals surface area contributed by atoms with Crippen molar-refractivity contribution in [1.82, 2.24) is 15.5 Å². The third kappa shape index (κ3) is 4.56. The largest absolute Gasteiger partial charge is 0.446 e. The SMILES string of the molecule is CCNC(=O)NC(=O)[C@H](OC(=O)CN1C(=O)[C@H]2CC=CC[C@H]2C1=O)c1ccccc1. The molecular weight excluding hydrogens is 390 g/mol. The maximum atomic E-state index is 12.5. The Morgan fingerprint density at radius 3 is 2.23 bits per heavy atom. The monoisotopic (exact) mass is 413 g/mol. The molecular formula is C21H23N3O6. The highest BCUT2D eigenvalue weighted by Gasteiger charge is 2.48. The summed E-state index contributed by atoms with van der Waals surface area (Å²) in [5, 5.41) is 4.53. The van der Waals surface area contributed by atoms with Gasteiger partial charge in [-0.1, -0.05) is 42.5 Å². The van der Waals surface area contributed by atoms with Crippen molar-refractivity contribution in [3.05, 3.63) is 48.0 Å². The van der Waals surface area contributed by atoms with E-state index < -0.39 is 54.2 Å². The lowest BCUT2D eigenvalue weighted by Gasteiger charge is -2.20. The molecule has 2 aliphatic rings. The van der Waals surface area contributed by atoms with Crippen LogP contribution in [0.2, 0.25) is 0 Å². The van der Waals surface area contributed by atoms with Gasteiger partial charge in [0.2, 0.25) is 17.9 Å². The molecule has 9 nitrogen and oxygen atoms in total. The number of hydrogen-bond donors (Lipinski definition) is 2. The number of nitrogens with zero attached hydrogens (tertiary/aromatic N) is 1. The van der Waals surface area contributed by atoms with E-state index in [2.05, 4.69) is 10.6 Å². The fraction of sp³-hybridized carbons (Fsp3) is 0.381. The summed E-state index contributed by atoms with van der Waals surface area (Å²) in [6.07, 6.45) is 3.22. The van der Waals surface area contributed by atoms with Crippen molar-refractivity contribution in [2.45, 2.75) is 25.9 Å². The molecule has 3 rings (SSSR count). The summed E-state index contributed by atoms with van der Waals surface area (Å²) in [6, 6.07) is 7.45. The number of urea groups is 1. The lowest BCUT2D eigenvalue weighted by Crippen LogP contribution is -2.43. The van der Waals surface area contributed by atoms with Crippen molar-refractivity contribution in [3.8, 4) is 0 Å². The molecule has 0 aromatic heterocycles. The predicted octanol–water partition coefficient (Wildman–Crippen LogP) is 1.07. The number of fused-ring (bicyclic) bond motifs is 1. The number of allylic oxidation sites excluding steroid dienone is 2. The summed E-state index contributed by atoms with van der Waals surface area (Å²) < 4.78 is 5.30. The summed E-state index contributed by atoms with van der Waals surface area (Å²) in [4.78, 5) is 62.7. The number of nitrogens with one attached hydrogen (secondary N) is 2. The smallest absolute Gasteiger partial charge is 0.327 e. The van der Waals surface area contributed by atoms with Crippen LogP contribution in [0.4, 0.5) is 4.79 Å². The Morgan fingerprint density at radius 2 is 1.67 bits per heavy atom. The molecule has 0 unspecified atom stereocenters. The average Bonchev–Trinajstić information content (AvgIpc) is 2.98. The molecule has 0 bridgehead atoms. The van der Waals surface area contributed by atoms with Crippen LogP contribution < -0.4 is 10.6 Å². The number of imide groups is 2. The summed E-state index contributed by atoms with van der Waals surface area (Å²) in [5.41, 5.74) is 0.351. The van der Waals surface area contributed by atoms with Crippen LogP contribution in [0, 0.1) is 11.8 Å². The third-order valence-electron chi connectivity index (χ3n) is 5.05. The third-order valence-corrected chi connectivity index (χ3v) is 5.05. The minimum atomic E-state index is -1.40. The second-order valence-corrected chi connectivity index (χ2v) is 7.05. The van der Waals surface area contributed by atoms with Crippen LogP contribution in [0.25, 0.3) is 0 Å². The average molecular weight is 413 g/mol. The van der Waals surface area contributed by atoms with Crippen molar-refractivity contribution in [1.29, 1.82) is 0 Å². The van der Waals surface area contributed by atoms with Gasteiger partial charge in [-0.05, 0) is 19.8 Å². The van der Waals surface area contributed by atoms with Crippen molar-refractivity contribution < 1.29 is 28.7 Å². The van der Waals surface area contributed by atoms with Crippen LogP contribution in [-0.4, -0.2) is 47.7 Å². The molecule has 1 heterocycles. The molecule has 0 radical (unpaired) electrons. The first-order chi connectivity index (χ1) is 14.4. The van der Waals surface area contributed by atoms with Crippen LogP contribution in [0.3, 0.4) is 0 Å². The minimum Gasteiger partial charge on any atom is -0.446 e. The highest BCUT2D eigenvalue weighted by Crippen LogP contribution is 2.35. The maximum absolute atomic E-state index is 12.5. The maximum Gasteiger partial charge on any atom is 0.327 e. The molecule has 1 aromatic carbocycles. The highest BCUT2D eigenvalue weighted by atomic mass is 16.5. The lowest BCUT2D eigenvalue weighted by molar-refractivity contribution is -0.160. The van der Waals surface area contributed by atoms with E-state index in [9.17, 15) is 24.0 Å². The van der Waals surface area contributed by atoms with E-state index in [0.717, 1.165) is 4.90 Å². The molecule has 3 atom stereocenters. The van der Waals surface area contributed by atoms with Gasteiger partial charge < -0.3 is 10.1 Å². The van der Waals surface area contributed by atoms with Gasteiger partial charge in [0.25, 0.3) is 5.91 Å². The van der Waals surface area contributed by atoms with E-state index in [1.54, 1.807) is 37.3 Å². The van der Waals surface area contributed by atoms with Gasteiger partial charge in [0.15, 0.2) is 0 Å². The standard InChI is InChI=1S/C21H23N3O6/c1-2-22-21(29)23-18(26)17(13-8-4-3-5-9-13)30-16(25)12-24-19(27)14-10-6-7-11-15(14)20(24)28/h3-9,14-15,17H,2,10-12H2,1H3,(H2,22,23,26,29)/t14-,15+,17-/m1/s1. The van der Waals surface area contributed by atoms with Gasteiger partial charge in [0.1, 0.15) is 6.54 Å². The van der Waals surface area contributed by atoms with E-state index in [-0.39, 0.29) is 0 Å². The molecule has 158 valence electrons. The lowest BCUT2D eigenvalue weighted by atomic mass is 9.85. The van der Waals surface area contributed by atoms with Crippen molar-refractivity contribution in [2.24, 2.45) is 11.8 Å². The van der Waals surface area contributed by atoms with Gasteiger partial charge in [-0.3, -0.25) is 29.4 Å². The van der Waals surface area contributed by atoms with Gasteiger partial charge in [-0.15, -0.1) is 0 Å². The zero-order chi connectivity index (χ0) is 21.7. The molecule has 2 N–H and O–H groups in total. The summed E-state index contributed by atoms with van der Waals surface area (Å²) in [7, 11) is 0. The van der Waals surface area contributed by atoms with Gasteiger partial charge in [0.05, 0.1) is 11.8 Å². The fourth-order valence-electron chi connectivity index (χ4n) is 3.61. The molecule has 1 fully saturated rings. The fourth-order valence-corrected chi connectivity index (χ4v) is 3.61. The van der Waals surface area contributed by atoms with Crippen LogP contribution in [0.15, 0.2) is 42.5 Å².